The zero-order valence-electron chi connectivity index (χ0n) is 10.4. The number of amides is 1. The predicted molar refractivity (Wildman–Crippen MR) is 69.8 cm³/mol. The Balaban J connectivity index is 2.32. The molecular formula is C13H18N2O3. The maximum Gasteiger partial charge on any atom is 0.231 e. The minimum atomic E-state index is -0.343. The van der Waals surface area contributed by atoms with Gasteiger partial charge in [-0.1, -0.05) is 0 Å². The summed E-state index contributed by atoms with van der Waals surface area (Å²) < 4.78 is 0. The van der Waals surface area contributed by atoms with Gasteiger partial charge >= 0.3 is 0 Å². The van der Waals surface area contributed by atoms with Crippen molar-refractivity contribution in [2.75, 3.05) is 30.5 Å². The second kappa shape index (κ2) is 5.37. The third-order valence-corrected chi connectivity index (χ3v) is 3.28. The summed E-state index contributed by atoms with van der Waals surface area (Å²) in [6, 6.07) is 5.38. The van der Waals surface area contributed by atoms with Gasteiger partial charge < -0.3 is 20.4 Å². The van der Waals surface area contributed by atoms with E-state index in [1.54, 1.807) is 4.90 Å². The lowest BCUT2D eigenvalue weighted by Gasteiger charge is -2.26. The molecule has 5 nitrogen and oxygen atoms in total. The Morgan fingerprint density at radius 3 is 2.83 bits per heavy atom. The molecule has 98 valence electrons. The summed E-state index contributed by atoms with van der Waals surface area (Å²) in [5.74, 6) is -0.0225. The van der Waals surface area contributed by atoms with Crippen molar-refractivity contribution in [3.8, 4) is 0 Å². The van der Waals surface area contributed by atoms with E-state index in [0.29, 0.717) is 12.8 Å². The molecule has 0 radical (unpaired) electrons. The van der Waals surface area contributed by atoms with Gasteiger partial charge in [-0.2, -0.15) is 0 Å². The van der Waals surface area contributed by atoms with E-state index in [0.717, 1.165) is 16.9 Å². The van der Waals surface area contributed by atoms with E-state index in [1.807, 2.05) is 25.2 Å². The second-order valence-electron chi connectivity index (χ2n) is 4.38. The number of hydrogen-bond acceptors (Lipinski definition) is 4. The first-order chi connectivity index (χ1) is 8.71. The van der Waals surface area contributed by atoms with Crippen molar-refractivity contribution in [3.63, 3.8) is 0 Å². The molecule has 1 heterocycles. The average Bonchev–Trinajstić information content (AvgIpc) is 2.71. The number of aliphatic hydroxyl groups is 2. The van der Waals surface area contributed by atoms with Crippen molar-refractivity contribution in [2.45, 2.75) is 18.9 Å². The SMILES string of the molecule is CNc1ccc2c(c1)CC(=O)N2C(CO)CCO. The Morgan fingerprint density at radius 1 is 1.44 bits per heavy atom. The predicted octanol–water partition coefficient (Wildman–Crippen LogP) is 0.361. The van der Waals surface area contributed by atoms with Crippen LogP contribution >= 0.6 is 0 Å². The van der Waals surface area contributed by atoms with Crippen LogP contribution in [0.1, 0.15) is 12.0 Å². The third-order valence-electron chi connectivity index (χ3n) is 3.28. The smallest absolute Gasteiger partial charge is 0.231 e. The van der Waals surface area contributed by atoms with E-state index < -0.39 is 0 Å². The molecule has 0 saturated carbocycles. The van der Waals surface area contributed by atoms with Crippen LogP contribution < -0.4 is 10.2 Å². The van der Waals surface area contributed by atoms with E-state index in [9.17, 15) is 9.90 Å². The van der Waals surface area contributed by atoms with Crippen molar-refractivity contribution in [1.29, 1.82) is 0 Å². The zero-order chi connectivity index (χ0) is 13.1. The molecule has 1 unspecified atom stereocenters. The average molecular weight is 250 g/mol. The van der Waals surface area contributed by atoms with Crippen LogP contribution in [-0.4, -0.2) is 42.4 Å². The second-order valence-corrected chi connectivity index (χ2v) is 4.38. The maximum absolute atomic E-state index is 12.0. The molecule has 1 aliphatic rings. The number of benzene rings is 1. The van der Waals surface area contributed by atoms with Crippen LogP contribution in [0.2, 0.25) is 0 Å². The molecule has 5 heteroatoms. The first-order valence-electron chi connectivity index (χ1n) is 6.05. The van der Waals surface area contributed by atoms with Crippen molar-refractivity contribution in [3.05, 3.63) is 23.8 Å². The van der Waals surface area contributed by atoms with Crippen LogP contribution in [0.3, 0.4) is 0 Å². The molecular weight excluding hydrogens is 232 g/mol. The number of nitrogens with one attached hydrogen (secondary N) is 1. The normalized spacial score (nSPS) is 15.7. The summed E-state index contributed by atoms with van der Waals surface area (Å²) in [6.45, 7) is -0.182. The Kier molecular flexibility index (Phi) is 3.84. The summed E-state index contributed by atoms with van der Waals surface area (Å²) in [7, 11) is 1.83. The summed E-state index contributed by atoms with van der Waals surface area (Å²) in [5.41, 5.74) is 2.76. The van der Waals surface area contributed by atoms with E-state index >= 15 is 0 Å². The lowest BCUT2D eigenvalue weighted by molar-refractivity contribution is -0.118. The van der Waals surface area contributed by atoms with Gasteiger partial charge in [0.25, 0.3) is 0 Å². The van der Waals surface area contributed by atoms with Gasteiger partial charge in [-0.3, -0.25) is 4.79 Å². The highest BCUT2D eigenvalue weighted by atomic mass is 16.3. The van der Waals surface area contributed by atoms with Gasteiger partial charge in [0, 0.05) is 25.0 Å². The van der Waals surface area contributed by atoms with Gasteiger partial charge in [0.05, 0.1) is 19.1 Å². The number of aliphatic hydroxyl groups excluding tert-OH is 2. The molecule has 1 aromatic rings. The lowest BCUT2D eigenvalue weighted by atomic mass is 10.1. The van der Waals surface area contributed by atoms with Crippen LogP contribution in [0.4, 0.5) is 11.4 Å². The first-order valence-corrected chi connectivity index (χ1v) is 6.05. The van der Waals surface area contributed by atoms with Crippen molar-refractivity contribution < 1.29 is 15.0 Å². The number of carbonyl (C=O) groups is 1. The molecule has 0 aliphatic carbocycles. The summed E-state index contributed by atoms with van der Waals surface area (Å²) in [6.07, 6.45) is 0.738. The molecule has 0 fully saturated rings. The highest BCUT2D eigenvalue weighted by Crippen LogP contribution is 2.33. The van der Waals surface area contributed by atoms with Crippen molar-refractivity contribution in [1.82, 2.24) is 0 Å². The van der Waals surface area contributed by atoms with E-state index in [-0.39, 0.29) is 25.2 Å². The number of hydrogen-bond donors (Lipinski definition) is 3. The molecule has 0 saturated heterocycles. The Hall–Kier alpha value is -1.59. The van der Waals surface area contributed by atoms with Gasteiger partial charge in [-0.25, -0.2) is 0 Å². The number of nitrogens with zero attached hydrogens (tertiary/aromatic N) is 1. The summed E-state index contributed by atoms with van der Waals surface area (Å²) >= 11 is 0. The third kappa shape index (κ3) is 2.19. The summed E-state index contributed by atoms with van der Waals surface area (Å²) in [4.78, 5) is 13.6. The van der Waals surface area contributed by atoms with E-state index in [4.69, 9.17) is 5.11 Å². The lowest BCUT2D eigenvalue weighted by Crippen LogP contribution is -2.41. The minimum absolute atomic E-state index is 0.0225. The molecule has 1 amide bonds. The largest absolute Gasteiger partial charge is 0.396 e. The van der Waals surface area contributed by atoms with Crippen molar-refractivity contribution in [2.24, 2.45) is 0 Å². The van der Waals surface area contributed by atoms with Crippen LogP contribution in [0.25, 0.3) is 0 Å². The molecule has 1 aliphatic heterocycles. The van der Waals surface area contributed by atoms with Gasteiger partial charge in [0.15, 0.2) is 0 Å². The molecule has 3 N–H and O–H groups in total. The molecule has 2 rings (SSSR count). The number of carbonyl (C=O) groups excluding carboxylic acids is 1. The van der Waals surface area contributed by atoms with Crippen molar-refractivity contribution >= 4 is 17.3 Å². The Labute approximate surface area is 106 Å². The highest BCUT2D eigenvalue weighted by molar-refractivity contribution is 6.02. The molecule has 1 aromatic carbocycles. The number of rotatable bonds is 5. The van der Waals surface area contributed by atoms with Gasteiger partial charge in [0.2, 0.25) is 5.91 Å². The van der Waals surface area contributed by atoms with E-state index in [2.05, 4.69) is 5.32 Å². The first kappa shape index (κ1) is 12.9. The fourth-order valence-corrected chi connectivity index (χ4v) is 2.35. The highest BCUT2D eigenvalue weighted by Gasteiger charge is 2.32. The monoisotopic (exact) mass is 250 g/mol. The number of fused-ring (bicyclic) bond motifs is 1. The molecule has 18 heavy (non-hydrogen) atoms. The fourth-order valence-electron chi connectivity index (χ4n) is 2.35. The van der Waals surface area contributed by atoms with E-state index in [1.165, 1.54) is 0 Å². The van der Waals surface area contributed by atoms with Gasteiger partial charge in [-0.05, 0) is 30.2 Å². The molecule has 0 bridgehead atoms. The quantitative estimate of drug-likeness (QED) is 0.705. The standard InChI is InChI=1S/C13H18N2O3/c1-14-10-2-3-12-9(6-10)7-13(18)15(12)11(8-17)4-5-16/h2-3,6,11,14,16-17H,4-5,7-8H2,1H3. The Morgan fingerprint density at radius 2 is 2.22 bits per heavy atom. The Bertz CT molecular complexity index is 448. The fraction of sp³-hybridized carbons (Fsp3) is 0.462. The van der Waals surface area contributed by atoms with Crippen LogP contribution in [0, 0.1) is 0 Å². The maximum atomic E-state index is 12.0. The van der Waals surface area contributed by atoms with Crippen LogP contribution in [0.5, 0.6) is 0 Å². The van der Waals surface area contributed by atoms with Crippen LogP contribution in [0.15, 0.2) is 18.2 Å². The summed E-state index contributed by atoms with van der Waals surface area (Å²) in [5, 5.41) is 21.4. The molecule has 1 atom stereocenters. The topological polar surface area (TPSA) is 72.8 Å². The zero-order valence-corrected chi connectivity index (χ0v) is 10.4. The molecule has 0 spiro atoms. The number of anilines is 2. The minimum Gasteiger partial charge on any atom is -0.396 e. The van der Waals surface area contributed by atoms with Gasteiger partial charge in [-0.15, -0.1) is 0 Å². The molecule has 0 aromatic heterocycles. The van der Waals surface area contributed by atoms with Gasteiger partial charge in [0.1, 0.15) is 0 Å². The van der Waals surface area contributed by atoms with Crippen LogP contribution in [-0.2, 0) is 11.2 Å².